The number of carbonyl (C=O) groups excluding carboxylic acids is 4. The van der Waals surface area contributed by atoms with Gasteiger partial charge in [-0.2, -0.15) is 0 Å². The van der Waals surface area contributed by atoms with Gasteiger partial charge in [0, 0.05) is 36.3 Å². The minimum atomic E-state index is -0.501. The standard InChI is InChI=1S/C25H39N5O7/c1-27-19(16-36-11-9-26)17-37-13-12-35-10-8-24(33)28-21-5-3-4-18(15-31)20(21)14-30(2)22-6-7-23(32)29-25(22)34/h3-5,15,19,22,27H,6-14,16-17,26H2,1-2H3,(H,28,33)(H,29,32,34). The van der Waals surface area contributed by atoms with Gasteiger partial charge in [-0.25, -0.2) is 0 Å². The predicted molar refractivity (Wildman–Crippen MR) is 137 cm³/mol. The number of likely N-dealkylation sites (N-methyl/N-ethyl adjacent to an activating group) is 2. The van der Waals surface area contributed by atoms with Gasteiger partial charge in [0.1, 0.15) is 6.29 Å². The molecule has 1 aromatic rings. The number of aldehydes is 1. The van der Waals surface area contributed by atoms with Crippen molar-refractivity contribution >= 4 is 29.7 Å². The molecule has 1 saturated heterocycles. The number of benzene rings is 1. The molecule has 2 unspecified atom stereocenters. The third kappa shape index (κ3) is 10.6. The first-order valence-electron chi connectivity index (χ1n) is 12.4. The molecule has 1 aliphatic rings. The van der Waals surface area contributed by atoms with Crippen LogP contribution in [0.4, 0.5) is 5.69 Å². The molecule has 0 aliphatic carbocycles. The average Bonchev–Trinajstić information content (AvgIpc) is 2.87. The fourth-order valence-electron chi connectivity index (χ4n) is 3.82. The van der Waals surface area contributed by atoms with E-state index in [1.54, 1.807) is 30.1 Å². The van der Waals surface area contributed by atoms with E-state index >= 15 is 0 Å². The van der Waals surface area contributed by atoms with Crippen LogP contribution in [0, 0.1) is 0 Å². The number of anilines is 1. The molecule has 1 aromatic carbocycles. The van der Waals surface area contributed by atoms with Crippen molar-refractivity contribution in [3.8, 4) is 0 Å². The van der Waals surface area contributed by atoms with E-state index in [4.69, 9.17) is 19.9 Å². The average molecular weight is 522 g/mol. The molecule has 37 heavy (non-hydrogen) atoms. The van der Waals surface area contributed by atoms with Gasteiger partial charge in [0.2, 0.25) is 17.7 Å². The van der Waals surface area contributed by atoms with Gasteiger partial charge in [0.05, 0.1) is 58.1 Å². The van der Waals surface area contributed by atoms with Crippen molar-refractivity contribution in [3.63, 3.8) is 0 Å². The second kappa shape index (κ2) is 16.9. The van der Waals surface area contributed by atoms with E-state index in [0.717, 1.165) is 6.29 Å². The third-order valence-electron chi connectivity index (χ3n) is 5.92. The van der Waals surface area contributed by atoms with Gasteiger partial charge in [0.25, 0.3) is 0 Å². The third-order valence-corrected chi connectivity index (χ3v) is 5.92. The summed E-state index contributed by atoms with van der Waals surface area (Å²) in [5.41, 5.74) is 6.91. The van der Waals surface area contributed by atoms with Gasteiger partial charge in [-0.15, -0.1) is 0 Å². The van der Waals surface area contributed by atoms with Crippen LogP contribution in [0.15, 0.2) is 18.2 Å². The van der Waals surface area contributed by atoms with Crippen LogP contribution >= 0.6 is 0 Å². The smallest absolute Gasteiger partial charge is 0.243 e. The Balaban J connectivity index is 1.78. The highest BCUT2D eigenvalue weighted by Gasteiger charge is 2.30. The van der Waals surface area contributed by atoms with Crippen molar-refractivity contribution in [2.45, 2.75) is 37.9 Å². The molecule has 2 atom stereocenters. The lowest BCUT2D eigenvalue weighted by Gasteiger charge is -2.30. The molecule has 0 radical (unpaired) electrons. The van der Waals surface area contributed by atoms with Crippen LogP contribution in [0.25, 0.3) is 0 Å². The van der Waals surface area contributed by atoms with Crippen molar-refractivity contribution in [1.82, 2.24) is 15.5 Å². The summed E-state index contributed by atoms with van der Waals surface area (Å²) in [6, 6.07) is 4.61. The molecule has 2 rings (SSSR count). The Hall–Kier alpha value is -2.74. The Bertz CT molecular complexity index is 898. The number of imide groups is 1. The van der Waals surface area contributed by atoms with Crippen LogP contribution in [0.3, 0.4) is 0 Å². The van der Waals surface area contributed by atoms with E-state index in [0.29, 0.717) is 62.8 Å². The van der Waals surface area contributed by atoms with Crippen molar-refractivity contribution in [1.29, 1.82) is 0 Å². The van der Waals surface area contributed by atoms with Gasteiger partial charge in [0.15, 0.2) is 0 Å². The Labute approximate surface area is 217 Å². The highest BCUT2D eigenvalue weighted by Crippen LogP contribution is 2.23. The SMILES string of the molecule is CNC(COCCN)COCCOCCC(=O)Nc1cccc(C=O)c1CN(C)C1CCC(=O)NC1=O. The Kier molecular flexibility index (Phi) is 13.9. The Morgan fingerprint density at radius 2 is 1.92 bits per heavy atom. The van der Waals surface area contributed by atoms with Gasteiger partial charge in [-0.1, -0.05) is 12.1 Å². The molecule has 1 fully saturated rings. The lowest BCUT2D eigenvalue weighted by molar-refractivity contribution is -0.137. The molecule has 5 N–H and O–H groups in total. The number of nitrogens with one attached hydrogen (secondary N) is 3. The maximum atomic E-state index is 12.5. The number of hydrogen-bond acceptors (Lipinski definition) is 10. The number of nitrogens with zero attached hydrogens (tertiary/aromatic N) is 1. The molecule has 206 valence electrons. The number of hydrogen-bond donors (Lipinski definition) is 4. The highest BCUT2D eigenvalue weighted by atomic mass is 16.5. The number of piperidine rings is 1. The molecule has 12 nitrogen and oxygen atoms in total. The molecular weight excluding hydrogens is 482 g/mol. The minimum absolute atomic E-state index is 0.0580. The largest absolute Gasteiger partial charge is 0.379 e. The van der Waals surface area contributed by atoms with Crippen LogP contribution in [0.1, 0.15) is 35.2 Å². The maximum Gasteiger partial charge on any atom is 0.243 e. The molecular formula is C25H39N5O7. The van der Waals surface area contributed by atoms with E-state index in [-0.39, 0.29) is 49.8 Å². The first-order chi connectivity index (χ1) is 17.9. The van der Waals surface area contributed by atoms with Crippen LogP contribution < -0.4 is 21.7 Å². The van der Waals surface area contributed by atoms with Gasteiger partial charge in [-0.05, 0) is 26.6 Å². The Morgan fingerprint density at radius 3 is 2.59 bits per heavy atom. The summed E-state index contributed by atoms with van der Waals surface area (Å²) >= 11 is 0. The lowest BCUT2D eigenvalue weighted by Crippen LogP contribution is -2.51. The lowest BCUT2D eigenvalue weighted by atomic mass is 10.0. The summed E-state index contributed by atoms with van der Waals surface area (Å²) in [5.74, 6) is -0.920. The zero-order valence-electron chi connectivity index (χ0n) is 21.6. The molecule has 0 saturated carbocycles. The van der Waals surface area contributed by atoms with Gasteiger partial charge < -0.3 is 30.6 Å². The van der Waals surface area contributed by atoms with E-state index < -0.39 is 6.04 Å². The normalized spacial score (nSPS) is 16.5. The zero-order valence-corrected chi connectivity index (χ0v) is 21.6. The van der Waals surface area contributed by atoms with Crippen LogP contribution in [-0.2, 0) is 35.1 Å². The molecule has 0 aromatic heterocycles. The number of carbonyl (C=O) groups is 4. The fourth-order valence-corrected chi connectivity index (χ4v) is 3.82. The molecule has 3 amide bonds. The van der Waals surface area contributed by atoms with Crippen molar-refractivity contribution in [2.75, 3.05) is 65.6 Å². The zero-order chi connectivity index (χ0) is 27.0. The van der Waals surface area contributed by atoms with E-state index in [1.807, 2.05) is 7.05 Å². The molecule has 1 aliphatic heterocycles. The monoisotopic (exact) mass is 521 g/mol. The number of ether oxygens (including phenoxy) is 3. The quantitative estimate of drug-likeness (QED) is 0.114. The van der Waals surface area contributed by atoms with E-state index in [2.05, 4.69) is 16.0 Å². The van der Waals surface area contributed by atoms with Crippen molar-refractivity contribution < 1.29 is 33.4 Å². The summed E-state index contributed by atoms with van der Waals surface area (Å²) < 4.78 is 16.5. The fraction of sp³-hybridized carbons (Fsp3) is 0.600. The van der Waals surface area contributed by atoms with E-state index in [9.17, 15) is 19.2 Å². The highest BCUT2D eigenvalue weighted by molar-refractivity contribution is 6.00. The van der Waals surface area contributed by atoms with Gasteiger partial charge in [-0.3, -0.25) is 29.4 Å². The number of rotatable bonds is 18. The topological polar surface area (TPSA) is 161 Å². The minimum Gasteiger partial charge on any atom is -0.379 e. The summed E-state index contributed by atoms with van der Waals surface area (Å²) in [7, 11) is 3.58. The second-order valence-corrected chi connectivity index (χ2v) is 8.71. The Morgan fingerprint density at radius 1 is 1.19 bits per heavy atom. The maximum absolute atomic E-state index is 12.5. The second-order valence-electron chi connectivity index (χ2n) is 8.71. The predicted octanol–water partition coefficient (Wildman–Crippen LogP) is -0.339. The summed E-state index contributed by atoms with van der Waals surface area (Å²) in [5, 5.41) is 8.28. The van der Waals surface area contributed by atoms with Crippen molar-refractivity contribution in [2.24, 2.45) is 5.73 Å². The molecule has 0 spiro atoms. The van der Waals surface area contributed by atoms with Crippen LogP contribution in [0.2, 0.25) is 0 Å². The summed E-state index contributed by atoms with van der Waals surface area (Å²) in [4.78, 5) is 49.6. The first kappa shape index (κ1) is 30.5. The first-order valence-corrected chi connectivity index (χ1v) is 12.4. The van der Waals surface area contributed by atoms with Gasteiger partial charge >= 0.3 is 0 Å². The summed E-state index contributed by atoms with van der Waals surface area (Å²) in [6.45, 7) is 3.13. The molecule has 0 bridgehead atoms. The van der Waals surface area contributed by atoms with Crippen molar-refractivity contribution in [3.05, 3.63) is 29.3 Å². The summed E-state index contributed by atoms with van der Waals surface area (Å²) in [6.07, 6.45) is 1.49. The van der Waals surface area contributed by atoms with Crippen LogP contribution in [0.5, 0.6) is 0 Å². The van der Waals surface area contributed by atoms with E-state index in [1.165, 1.54) is 0 Å². The molecule has 1 heterocycles. The molecule has 12 heteroatoms. The number of nitrogens with two attached hydrogens (primary N) is 1. The van der Waals surface area contributed by atoms with Crippen LogP contribution in [-0.4, -0.2) is 101 Å². The number of amides is 3.